The van der Waals surface area contributed by atoms with Crippen LogP contribution >= 0.6 is 0 Å². The fourth-order valence-corrected chi connectivity index (χ4v) is 3.18. The van der Waals surface area contributed by atoms with E-state index in [0.717, 1.165) is 25.2 Å². The van der Waals surface area contributed by atoms with Crippen molar-refractivity contribution in [1.82, 2.24) is 9.88 Å². The van der Waals surface area contributed by atoms with Gasteiger partial charge < -0.3 is 5.73 Å². The second-order valence-electron chi connectivity index (χ2n) is 5.42. The third kappa shape index (κ3) is 3.74. The van der Waals surface area contributed by atoms with Crippen LogP contribution in [0.4, 0.5) is 4.39 Å². The molecule has 106 valence electrons. The highest BCUT2D eigenvalue weighted by atomic mass is 19.1. The van der Waals surface area contributed by atoms with Crippen LogP contribution in [-0.4, -0.2) is 29.0 Å². The summed E-state index contributed by atoms with van der Waals surface area (Å²) in [6.07, 6.45) is 8.00. The van der Waals surface area contributed by atoms with E-state index in [0.29, 0.717) is 12.0 Å². The molecule has 0 bridgehead atoms. The van der Waals surface area contributed by atoms with Gasteiger partial charge in [-0.1, -0.05) is 19.8 Å². The predicted octanol–water partition coefficient (Wildman–Crippen LogP) is 2.56. The van der Waals surface area contributed by atoms with E-state index in [1.165, 1.54) is 31.9 Å². The minimum absolute atomic E-state index is 0.257. The average Bonchev–Trinajstić information content (AvgIpc) is 2.45. The third-order valence-corrected chi connectivity index (χ3v) is 4.19. The molecule has 0 aliphatic heterocycles. The van der Waals surface area contributed by atoms with Gasteiger partial charge in [0.05, 0.1) is 6.20 Å². The molecule has 1 aromatic rings. The van der Waals surface area contributed by atoms with Gasteiger partial charge in [0.25, 0.3) is 0 Å². The van der Waals surface area contributed by atoms with Crippen LogP contribution in [0.15, 0.2) is 18.5 Å². The Hall–Kier alpha value is -1.00. The van der Waals surface area contributed by atoms with Crippen molar-refractivity contribution in [3.05, 3.63) is 29.8 Å². The first-order chi connectivity index (χ1) is 9.24. The number of hydrogen-bond acceptors (Lipinski definition) is 3. The molecule has 2 N–H and O–H groups in total. The van der Waals surface area contributed by atoms with Gasteiger partial charge in [-0.3, -0.25) is 9.88 Å². The molecule has 1 heterocycles. The fraction of sp³-hybridized carbons (Fsp3) is 0.667. The summed E-state index contributed by atoms with van der Waals surface area (Å²) in [4.78, 5) is 6.35. The Morgan fingerprint density at radius 2 is 2.16 bits per heavy atom. The Bertz CT molecular complexity index is 397. The molecule has 0 spiro atoms. The van der Waals surface area contributed by atoms with Gasteiger partial charge in [0.1, 0.15) is 5.82 Å². The van der Waals surface area contributed by atoms with E-state index in [4.69, 9.17) is 5.73 Å². The van der Waals surface area contributed by atoms with Crippen LogP contribution in [0.1, 0.15) is 38.2 Å². The molecule has 1 fully saturated rings. The van der Waals surface area contributed by atoms with Gasteiger partial charge in [0.2, 0.25) is 0 Å². The molecule has 0 amide bonds. The molecule has 2 unspecified atom stereocenters. The largest absolute Gasteiger partial charge is 0.330 e. The molecule has 1 aromatic heterocycles. The van der Waals surface area contributed by atoms with E-state index in [2.05, 4.69) is 16.8 Å². The van der Waals surface area contributed by atoms with Crippen LogP contribution in [0.25, 0.3) is 0 Å². The van der Waals surface area contributed by atoms with Crippen molar-refractivity contribution in [3.8, 4) is 0 Å². The second kappa shape index (κ2) is 6.96. The lowest BCUT2D eigenvalue weighted by molar-refractivity contribution is 0.105. The summed E-state index contributed by atoms with van der Waals surface area (Å²) in [7, 11) is 0. The zero-order chi connectivity index (χ0) is 13.7. The van der Waals surface area contributed by atoms with Gasteiger partial charge in [-0.05, 0) is 43.5 Å². The van der Waals surface area contributed by atoms with Crippen molar-refractivity contribution >= 4 is 0 Å². The van der Waals surface area contributed by atoms with Crippen molar-refractivity contribution in [2.75, 3.05) is 13.1 Å². The molecule has 1 aliphatic rings. The summed E-state index contributed by atoms with van der Waals surface area (Å²) in [5, 5.41) is 0. The molecular weight excluding hydrogens is 241 g/mol. The monoisotopic (exact) mass is 265 g/mol. The Morgan fingerprint density at radius 3 is 2.84 bits per heavy atom. The molecule has 0 radical (unpaired) electrons. The fourth-order valence-electron chi connectivity index (χ4n) is 3.18. The van der Waals surface area contributed by atoms with Crippen LogP contribution in [0.5, 0.6) is 0 Å². The topological polar surface area (TPSA) is 42.2 Å². The highest BCUT2D eigenvalue weighted by Gasteiger charge is 2.28. The van der Waals surface area contributed by atoms with Crippen molar-refractivity contribution in [2.45, 2.75) is 45.2 Å². The summed E-state index contributed by atoms with van der Waals surface area (Å²) in [6.45, 7) is 4.65. The highest BCUT2D eigenvalue weighted by molar-refractivity contribution is 5.10. The van der Waals surface area contributed by atoms with Crippen LogP contribution in [0.2, 0.25) is 0 Å². The van der Waals surface area contributed by atoms with Gasteiger partial charge in [-0.25, -0.2) is 4.39 Å². The first kappa shape index (κ1) is 14.4. The number of pyridine rings is 1. The maximum absolute atomic E-state index is 13.2. The quantitative estimate of drug-likeness (QED) is 0.889. The molecule has 0 aromatic carbocycles. The predicted molar refractivity (Wildman–Crippen MR) is 75.1 cm³/mol. The van der Waals surface area contributed by atoms with Crippen LogP contribution in [-0.2, 0) is 6.54 Å². The number of rotatable bonds is 5. The average molecular weight is 265 g/mol. The lowest BCUT2D eigenvalue weighted by Gasteiger charge is -2.39. The Labute approximate surface area is 115 Å². The van der Waals surface area contributed by atoms with Crippen LogP contribution in [0, 0.1) is 11.7 Å². The number of nitrogens with zero attached hydrogens (tertiary/aromatic N) is 2. The zero-order valence-corrected chi connectivity index (χ0v) is 11.7. The summed E-state index contributed by atoms with van der Waals surface area (Å²) >= 11 is 0. The SMILES string of the molecule is CCN(Cc1cncc(F)c1)C1CCCCC1CN. The van der Waals surface area contributed by atoms with Gasteiger partial charge in [0.15, 0.2) is 0 Å². The summed E-state index contributed by atoms with van der Waals surface area (Å²) in [5.74, 6) is 0.322. The molecular formula is C15H24FN3. The number of nitrogens with two attached hydrogens (primary N) is 1. The van der Waals surface area contributed by atoms with Crippen molar-refractivity contribution in [3.63, 3.8) is 0 Å². The zero-order valence-electron chi connectivity index (χ0n) is 11.7. The van der Waals surface area contributed by atoms with E-state index >= 15 is 0 Å². The first-order valence-corrected chi connectivity index (χ1v) is 7.28. The van der Waals surface area contributed by atoms with Crippen molar-refractivity contribution in [2.24, 2.45) is 11.7 Å². The lowest BCUT2D eigenvalue weighted by Crippen LogP contribution is -2.44. The molecule has 3 nitrogen and oxygen atoms in total. The normalized spacial score (nSPS) is 23.8. The Kier molecular flexibility index (Phi) is 5.28. The van der Waals surface area contributed by atoms with Crippen molar-refractivity contribution < 1.29 is 4.39 Å². The second-order valence-corrected chi connectivity index (χ2v) is 5.42. The Morgan fingerprint density at radius 1 is 1.37 bits per heavy atom. The lowest BCUT2D eigenvalue weighted by atomic mass is 9.83. The molecule has 2 atom stereocenters. The van der Waals surface area contributed by atoms with Crippen LogP contribution in [0.3, 0.4) is 0 Å². The molecule has 4 heteroatoms. The van der Waals surface area contributed by atoms with E-state index in [9.17, 15) is 4.39 Å². The van der Waals surface area contributed by atoms with E-state index in [1.54, 1.807) is 12.3 Å². The number of halogens is 1. The molecule has 2 rings (SSSR count). The summed E-state index contributed by atoms with van der Waals surface area (Å²) in [5.41, 5.74) is 6.85. The first-order valence-electron chi connectivity index (χ1n) is 7.28. The summed E-state index contributed by atoms with van der Waals surface area (Å²) < 4.78 is 13.2. The minimum atomic E-state index is -0.257. The van der Waals surface area contributed by atoms with Gasteiger partial charge in [0, 0.05) is 18.8 Å². The molecule has 0 saturated heterocycles. The molecule has 1 saturated carbocycles. The van der Waals surface area contributed by atoms with E-state index in [1.807, 2.05) is 0 Å². The number of aromatic nitrogens is 1. The number of hydrogen-bond donors (Lipinski definition) is 1. The van der Waals surface area contributed by atoms with Gasteiger partial charge >= 0.3 is 0 Å². The molecule has 19 heavy (non-hydrogen) atoms. The highest BCUT2D eigenvalue weighted by Crippen LogP contribution is 2.28. The smallest absolute Gasteiger partial charge is 0.141 e. The Balaban J connectivity index is 2.06. The van der Waals surface area contributed by atoms with E-state index in [-0.39, 0.29) is 5.82 Å². The molecule has 1 aliphatic carbocycles. The third-order valence-electron chi connectivity index (χ3n) is 4.19. The van der Waals surface area contributed by atoms with E-state index < -0.39 is 0 Å². The van der Waals surface area contributed by atoms with Crippen LogP contribution < -0.4 is 5.73 Å². The minimum Gasteiger partial charge on any atom is -0.330 e. The maximum Gasteiger partial charge on any atom is 0.141 e. The van der Waals surface area contributed by atoms with Gasteiger partial charge in [-0.15, -0.1) is 0 Å². The van der Waals surface area contributed by atoms with Crippen molar-refractivity contribution in [1.29, 1.82) is 0 Å². The van der Waals surface area contributed by atoms with Gasteiger partial charge in [-0.2, -0.15) is 0 Å². The maximum atomic E-state index is 13.2. The standard InChI is InChI=1S/C15H24FN3/c1-2-19(11-12-7-14(16)10-18-9-12)15-6-4-3-5-13(15)8-17/h7,9-10,13,15H,2-6,8,11,17H2,1H3. The summed E-state index contributed by atoms with van der Waals surface area (Å²) in [6, 6.07) is 2.11.